The van der Waals surface area contributed by atoms with Crippen LogP contribution in [0.4, 0.5) is 5.69 Å². The number of anilines is 1. The molecule has 0 atom stereocenters. The molecule has 138 valence electrons. The minimum absolute atomic E-state index is 0.0347. The van der Waals surface area contributed by atoms with E-state index >= 15 is 0 Å². The highest BCUT2D eigenvalue weighted by molar-refractivity contribution is 7.99. The van der Waals surface area contributed by atoms with E-state index in [9.17, 15) is 4.79 Å². The van der Waals surface area contributed by atoms with Gasteiger partial charge in [0.1, 0.15) is 0 Å². The Bertz CT molecular complexity index is 1130. The summed E-state index contributed by atoms with van der Waals surface area (Å²) in [6, 6.07) is 14.3. The minimum atomic E-state index is -0.0347. The van der Waals surface area contributed by atoms with Crippen LogP contribution >= 0.6 is 23.1 Å². The average Bonchev–Trinajstić information content (AvgIpc) is 3.20. The number of thiazole rings is 1. The van der Waals surface area contributed by atoms with E-state index in [0.29, 0.717) is 5.92 Å². The maximum absolute atomic E-state index is 12.6. The van der Waals surface area contributed by atoms with Gasteiger partial charge in [0.2, 0.25) is 10.9 Å². The zero-order valence-electron chi connectivity index (χ0n) is 15.4. The van der Waals surface area contributed by atoms with E-state index in [0.717, 1.165) is 37.1 Å². The number of benzene rings is 2. The summed E-state index contributed by atoms with van der Waals surface area (Å²) in [7, 11) is 0. The van der Waals surface area contributed by atoms with Gasteiger partial charge in [0.05, 0.1) is 16.0 Å². The van der Waals surface area contributed by atoms with Gasteiger partial charge < -0.3 is 5.32 Å². The minimum Gasteiger partial charge on any atom is -0.325 e. The Morgan fingerprint density at radius 3 is 2.81 bits per heavy atom. The van der Waals surface area contributed by atoms with Crippen molar-refractivity contribution in [3.8, 4) is 0 Å². The number of nitrogens with zero attached hydrogens (tertiary/aromatic N) is 3. The Balaban J connectivity index is 1.53. The Hall–Kier alpha value is -2.38. The molecule has 27 heavy (non-hydrogen) atoms. The molecule has 0 spiro atoms. The number of carbonyl (C=O) groups excluding carboxylic acids is 1. The summed E-state index contributed by atoms with van der Waals surface area (Å²) in [6.45, 7) is 6.29. The SMILES string of the molecule is Cc1cccc(C(C)C)c1NC(=O)CSc1nnc2sc3ccccc3n12. The second-order valence-electron chi connectivity index (χ2n) is 6.70. The van der Waals surface area contributed by atoms with Crippen molar-refractivity contribution in [1.82, 2.24) is 14.6 Å². The molecular formula is C20H20N4OS2. The molecule has 2 aromatic heterocycles. The van der Waals surface area contributed by atoms with Crippen LogP contribution in [0.15, 0.2) is 47.6 Å². The highest BCUT2D eigenvalue weighted by Gasteiger charge is 2.16. The summed E-state index contributed by atoms with van der Waals surface area (Å²) in [5.41, 5.74) is 4.23. The third kappa shape index (κ3) is 3.44. The molecule has 7 heteroatoms. The van der Waals surface area contributed by atoms with E-state index < -0.39 is 0 Å². The van der Waals surface area contributed by atoms with E-state index in [4.69, 9.17) is 0 Å². The van der Waals surface area contributed by atoms with Gasteiger partial charge in [-0.1, -0.05) is 67.3 Å². The molecule has 0 bridgehead atoms. The zero-order valence-corrected chi connectivity index (χ0v) is 17.0. The third-order valence-electron chi connectivity index (χ3n) is 4.43. The first-order valence-electron chi connectivity index (χ1n) is 8.79. The molecule has 2 aromatic carbocycles. The van der Waals surface area contributed by atoms with Crippen molar-refractivity contribution < 1.29 is 4.79 Å². The van der Waals surface area contributed by atoms with Crippen LogP contribution in [0.2, 0.25) is 0 Å². The summed E-state index contributed by atoms with van der Waals surface area (Å²) in [5, 5.41) is 12.3. The van der Waals surface area contributed by atoms with Crippen LogP contribution in [0.25, 0.3) is 15.2 Å². The van der Waals surface area contributed by atoms with Crippen LogP contribution in [-0.2, 0) is 4.79 Å². The molecule has 0 aliphatic heterocycles. The monoisotopic (exact) mass is 396 g/mol. The Kier molecular flexibility index (Phi) is 4.88. The smallest absolute Gasteiger partial charge is 0.234 e. The summed E-state index contributed by atoms with van der Waals surface area (Å²) < 4.78 is 3.18. The summed E-state index contributed by atoms with van der Waals surface area (Å²) in [5.74, 6) is 0.602. The number of rotatable bonds is 5. The molecule has 0 aliphatic carbocycles. The number of nitrogens with one attached hydrogen (secondary N) is 1. The Labute approximate surface area is 165 Å². The van der Waals surface area contributed by atoms with Crippen molar-refractivity contribution in [2.45, 2.75) is 31.8 Å². The van der Waals surface area contributed by atoms with Crippen LogP contribution in [0.3, 0.4) is 0 Å². The Morgan fingerprint density at radius 2 is 2.00 bits per heavy atom. The first-order valence-corrected chi connectivity index (χ1v) is 10.6. The maximum atomic E-state index is 12.6. The van der Waals surface area contributed by atoms with Crippen molar-refractivity contribution in [2.24, 2.45) is 0 Å². The van der Waals surface area contributed by atoms with E-state index in [-0.39, 0.29) is 11.7 Å². The molecule has 1 amide bonds. The number of fused-ring (bicyclic) bond motifs is 3. The van der Waals surface area contributed by atoms with Gasteiger partial charge in [-0.3, -0.25) is 9.20 Å². The second-order valence-corrected chi connectivity index (χ2v) is 8.65. The number of aryl methyl sites for hydroxylation is 1. The third-order valence-corrected chi connectivity index (χ3v) is 6.38. The highest BCUT2D eigenvalue weighted by atomic mass is 32.2. The van der Waals surface area contributed by atoms with Crippen LogP contribution in [0.5, 0.6) is 0 Å². The van der Waals surface area contributed by atoms with E-state index in [1.807, 2.05) is 35.6 Å². The lowest BCUT2D eigenvalue weighted by atomic mass is 9.98. The van der Waals surface area contributed by atoms with Crippen molar-refractivity contribution in [3.63, 3.8) is 0 Å². The molecule has 0 saturated heterocycles. The van der Waals surface area contributed by atoms with E-state index in [1.54, 1.807) is 11.3 Å². The van der Waals surface area contributed by atoms with E-state index in [2.05, 4.69) is 47.6 Å². The molecule has 1 N–H and O–H groups in total. The fraction of sp³-hybridized carbons (Fsp3) is 0.250. The molecule has 4 rings (SSSR count). The number of thioether (sulfide) groups is 1. The van der Waals surface area contributed by atoms with Gasteiger partial charge in [-0.2, -0.15) is 0 Å². The zero-order chi connectivity index (χ0) is 19.0. The van der Waals surface area contributed by atoms with Crippen LogP contribution in [0, 0.1) is 6.92 Å². The molecule has 5 nitrogen and oxygen atoms in total. The summed E-state index contributed by atoms with van der Waals surface area (Å²) in [4.78, 5) is 13.4. The maximum Gasteiger partial charge on any atom is 0.234 e. The predicted molar refractivity (Wildman–Crippen MR) is 113 cm³/mol. The average molecular weight is 397 g/mol. The number of para-hydroxylation sites is 2. The number of carbonyl (C=O) groups is 1. The molecule has 2 heterocycles. The quantitative estimate of drug-likeness (QED) is 0.477. The number of aromatic nitrogens is 3. The Morgan fingerprint density at radius 1 is 1.19 bits per heavy atom. The normalized spacial score (nSPS) is 11.6. The van der Waals surface area contributed by atoms with Crippen molar-refractivity contribution in [1.29, 1.82) is 0 Å². The lowest BCUT2D eigenvalue weighted by molar-refractivity contribution is -0.113. The number of hydrogen-bond acceptors (Lipinski definition) is 5. The van der Waals surface area contributed by atoms with Gasteiger partial charge in [0.25, 0.3) is 0 Å². The molecule has 0 saturated carbocycles. The standard InChI is InChI=1S/C20H20N4OS2/c1-12(2)14-8-6-7-13(3)18(14)21-17(25)11-26-19-22-23-20-24(19)15-9-4-5-10-16(15)27-20/h4-10,12H,11H2,1-3H3,(H,21,25). The van der Waals surface area contributed by atoms with Crippen LogP contribution in [-0.4, -0.2) is 26.3 Å². The van der Waals surface area contributed by atoms with Crippen molar-refractivity contribution >= 4 is 49.9 Å². The summed E-state index contributed by atoms with van der Waals surface area (Å²) in [6.07, 6.45) is 0. The van der Waals surface area contributed by atoms with Gasteiger partial charge in [-0.05, 0) is 36.1 Å². The van der Waals surface area contributed by atoms with Crippen LogP contribution < -0.4 is 5.32 Å². The lowest BCUT2D eigenvalue weighted by Gasteiger charge is -2.16. The fourth-order valence-corrected chi connectivity index (χ4v) is 4.86. The van der Waals surface area contributed by atoms with E-state index in [1.165, 1.54) is 11.8 Å². The second kappa shape index (κ2) is 7.32. The largest absolute Gasteiger partial charge is 0.325 e. The molecule has 0 aliphatic rings. The molecular weight excluding hydrogens is 376 g/mol. The first kappa shape index (κ1) is 18.0. The summed E-state index contributed by atoms with van der Waals surface area (Å²) >= 11 is 3.01. The van der Waals surface area contributed by atoms with Crippen molar-refractivity contribution in [3.05, 3.63) is 53.6 Å². The van der Waals surface area contributed by atoms with Gasteiger partial charge >= 0.3 is 0 Å². The highest BCUT2D eigenvalue weighted by Crippen LogP contribution is 2.30. The molecule has 0 fully saturated rings. The van der Waals surface area contributed by atoms with Gasteiger partial charge in [0, 0.05) is 5.69 Å². The van der Waals surface area contributed by atoms with Gasteiger partial charge in [-0.25, -0.2) is 0 Å². The topological polar surface area (TPSA) is 59.3 Å². The first-order chi connectivity index (χ1) is 13.0. The fourth-order valence-electron chi connectivity index (χ4n) is 3.10. The number of amides is 1. The molecule has 0 unspecified atom stereocenters. The predicted octanol–water partition coefficient (Wildman–Crippen LogP) is 5.11. The molecule has 4 aromatic rings. The van der Waals surface area contributed by atoms with Crippen molar-refractivity contribution in [2.75, 3.05) is 11.1 Å². The van der Waals surface area contributed by atoms with Gasteiger partial charge in [0.15, 0.2) is 5.16 Å². The lowest BCUT2D eigenvalue weighted by Crippen LogP contribution is -2.16. The van der Waals surface area contributed by atoms with Crippen LogP contribution in [0.1, 0.15) is 30.9 Å². The van der Waals surface area contributed by atoms with Gasteiger partial charge in [-0.15, -0.1) is 10.2 Å². The number of hydrogen-bond donors (Lipinski definition) is 1. The molecule has 0 radical (unpaired) electrons.